The molecule has 0 spiro atoms. The molecule has 0 aromatic heterocycles. The summed E-state index contributed by atoms with van der Waals surface area (Å²) in [6.45, 7) is 1.04. The van der Waals surface area contributed by atoms with Crippen LogP contribution in [0.5, 0.6) is 0 Å². The molecular weight excluding hydrogens is 252 g/mol. The smallest absolute Gasteiger partial charge is 0.254 e. The summed E-state index contributed by atoms with van der Waals surface area (Å²) < 4.78 is 0. The molecule has 1 aliphatic heterocycles. The number of likely N-dealkylation sites (tertiary alicyclic amines) is 1. The Labute approximate surface area is 121 Å². The van der Waals surface area contributed by atoms with Crippen molar-refractivity contribution < 1.29 is 9.90 Å². The molecule has 1 aliphatic rings. The number of aliphatic hydroxyl groups is 1. The standard InChI is InChI=1S/C16H24N2O2/c1-17(2)14-9-7-13(8-10-14)16(20)18-11-3-5-15(18)6-4-12-19/h7-10,15,19H,3-6,11-12H2,1-2H3. The first-order chi connectivity index (χ1) is 9.63. The lowest BCUT2D eigenvalue weighted by Crippen LogP contribution is -2.35. The highest BCUT2D eigenvalue weighted by atomic mass is 16.3. The van der Waals surface area contributed by atoms with E-state index < -0.39 is 0 Å². The third-order valence-corrected chi connectivity index (χ3v) is 3.96. The molecule has 4 nitrogen and oxygen atoms in total. The molecule has 0 bridgehead atoms. The Bertz CT molecular complexity index is 442. The molecule has 2 rings (SSSR count). The van der Waals surface area contributed by atoms with Crippen LogP contribution < -0.4 is 4.90 Å². The van der Waals surface area contributed by atoms with Crippen LogP contribution >= 0.6 is 0 Å². The van der Waals surface area contributed by atoms with Gasteiger partial charge in [0.25, 0.3) is 5.91 Å². The van der Waals surface area contributed by atoms with Gasteiger partial charge < -0.3 is 14.9 Å². The molecular formula is C16H24N2O2. The number of benzene rings is 1. The molecule has 1 aromatic rings. The Morgan fingerprint density at radius 1 is 1.35 bits per heavy atom. The topological polar surface area (TPSA) is 43.8 Å². The summed E-state index contributed by atoms with van der Waals surface area (Å²) in [6, 6.07) is 8.05. The lowest BCUT2D eigenvalue weighted by atomic mass is 10.1. The maximum atomic E-state index is 12.6. The van der Waals surface area contributed by atoms with E-state index in [1.54, 1.807) is 0 Å². The average Bonchev–Trinajstić information content (AvgIpc) is 2.92. The van der Waals surface area contributed by atoms with Gasteiger partial charge in [-0.05, 0) is 49.9 Å². The molecule has 0 aliphatic carbocycles. The van der Waals surface area contributed by atoms with Crippen molar-refractivity contribution in [3.8, 4) is 0 Å². The van der Waals surface area contributed by atoms with Gasteiger partial charge in [-0.3, -0.25) is 4.79 Å². The van der Waals surface area contributed by atoms with Crippen LogP contribution in [-0.2, 0) is 0 Å². The van der Waals surface area contributed by atoms with E-state index in [-0.39, 0.29) is 12.5 Å². The number of anilines is 1. The Morgan fingerprint density at radius 3 is 2.65 bits per heavy atom. The number of aliphatic hydroxyl groups excluding tert-OH is 1. The van der Waals surface area contributed by atoms with Gasteiger partial charge in [-0.2, -0.15) is 0 Å². The van der Waals surface area contributed by atoms with E-state index in [2.05, 4.69) is 0 Å². The molecule has 1 N–H and O–H groups in total. The highest BCUT2D eigenvalue weighted by Crippen LogP contribution is 2.24. The van der Waals surface area contributed by atoms with E-state index in [1.165, 1.54) is 0 Å². The number of carbonyl (C=O) groups is 1. The SMILES string of the molecule is CN(C)c1ccc(C(=O)N2CCCC2CCCO)cc1. The van der Waals surface area contributed by atoms with Crippen LogP contribution in [0.3, 0.4) is 0 Å². The van der Waals surface area contributed by atoms with Gasteiger partial charge in [-0.15, -0.1) is 0 Å². The van der Waals surface area contributed by atoms with Crippen LogP contribution in [0.1, 0.15) is 36.0 Å². The quantitative estimate of drug-likeness (QED) is 0.896. The van der Waals surface area contributed by atoms with Gasteiger partial charge in [0.2, 0.25) is 0 Å². The first kappa shape index (κ1) is 14.9. The average molecular weight is 276 g/mol. The summed E-state index contributed by atoms with van der Waals surface area (Å²) in [6.07, 6.45) is 3.80. The van der Waals surface area contributed by atoms with Crippen molar-refractivity contribution in [3.05, 3.63) is 29.8 Å². The van der Waals surface area contributed by atoms with Gasteiger partial charge >= 0.3 is 0 Å². The predicted octanol–water partition coefficient (Wildman–Crippen LogP) is 2.13. The number of amides is 1. The van der Waals surface area contributed by atoms with Crippen LogP contribution in [-0.4, -0.2) is 49.2 Å². The fraction of sp³-hybridized carbons (Fsp3) is 0.562. The number of carbonyl (C=O) groups excluding carboxylic acids is 1. The largest absolute Gasteiger partial charge is 0.396 e. The third-order valence-electron chi connectivity index (χ3n) is 3.96. The summed E-state index contributed by atoms with van der Waals surface area (Å²) in [5, 5.41) is 8.94. The second kappa shape index (κ2) is 6.75. The number of rotatable bonds is 5. The Hall–Kier alpha value is -1.55. The zero-order valence-corrected chi connectivity index (χ0v) is 12.4. The zero-order valence-electron chi connectivity index (χ0n) is 12.4. The molecule has 1 heterocycles. The van der Waals surface area contributed by atoms with Crippen molar-refractivity contribution in [1.29, 1.82) is 0 Å². The zero-order chi connectivity index (χ0) is 14.5. The Kier molecular flexibility index (Phi) is 5.01. The van der Waals surface area contributed by atoms with Gasteiger partial charge in [-0.1, -0.05) is 0 Å². The lowest BCUT2D eigenvalue weighted by molar-refractivity contribution is 0.0724. The molecule has 1 saturated heterocycles. The van der Waals surface area contributed by atoms with Crippen LogP contribution in [0.25, 0.3) is 0 Å². The fourth-order valence-corrected chi connectivity index (χ4v) is 2.80. The molecule has 4 heteroatoms. The lowest BCUT2D eigenvalue weighted by Gasteiger charge is -2.25. The monoisotopic (exact) mass is 276 g/mol. The minimum atomic E-state index is 0.121. The molecule has 20 heavy (non-hydrogen) atoms. The molecule has 1 aromatic carbocycles. The normalized spacial score (nSPS) is 18.4. The maximum absolute atomic E-state index is 12.6. The van der Waals surface area contributed by atoms with E-state index >= 15 is 0 Å². The highest BCUT2D eigenvalue weighted by Gasteiger charge is 2.28. The minimum absolute atomic E-state index is 0.121. The summed E-state index contributed by atoms with van der Waals surface area (Å²) >= 11 is 0. The van der Waals surface area contributed by atoms with Gasteiger partial charge in [-0.25, -0.2) is 0 Å². The fourth-order valence-electron chi connectivity index (χ4n) is 2.80. The number of hydrogen-bond donors (Lipinski definition) is 1. The van der Waals surface area contributed by atoms with Gasteiger partial charge in [0, 0.05) is 44.5 Å². The predicted molar refractivity (Wildman–Crippen MR) is 81.1 cm³/mol. The van der Waals surface area contributed by atoms with Crippen molar-refractivity contribution in [2.24, 2.45) is 0 Å². The van der Waals surface area contributed by atoms with Crippen LogP contribution in [0.2, 0.25) is 0 Å². The van der Waals surface area contributed by atoms with Crippen molar-refractivity contribution >= 4 is 11.6 Å². The van der Waals surface area contributed by atoms with E-state index in [9.17, 15) is 4.79 Å². The molecule has 110 valence electrons. The molecule has 1 atom stereocenters. The van der Waals surface area contributed by atoms with E-state index in [1.807, 2.05) is 48.2 Å². The summed E-state index contributed by atoms with van der Waals surface area (Å²) in [7, 11) is 3.98. The van der Waals surface area contributed by atoms with Crippen molar-refractivity contribution in [2.45, 2.75) is 31.7 Å². The van der Waals surface area contributed by atoms with E-state index in [0.29, 0.717) is 6.04 Å². The first-order valence-corrected chi connectivity index (χ1v) is 7.32. The highest BCUT2D eigenvalue weighted by molar-refractivity contribution is 5.95. The van der Waals surface area contributed by atoms with Gasteiger partial charge in [0.1, 0.15) is 0 Å². The van der Waals surface area contributed by atoms with E-state index in [0.717, 1.165) is 43.5 Å². The van der Waals surface area contributed by atoms with Crippen molar-refractivity contribution in [1.82, 2.24) is 4.90 Å². The molecule has 0 saturated carbocycles. The van der Waals surface area contributed by atoms with Crippen LogP contribution in [0, 0.1) is 0 Å². The minimum Gasteiger partial charge on any atom is -0.396 e. The van der Waals surface area contributed by atoms with Gasteiger partial charge in [0.15, 0.2) is 0 Å². The maximum Gasteiger partial charge on any atom is 0.254 e. The Morgan fingerprint density at radius 2 is 2.05 bits per heavy atom. The second-order valence-corrected chi connectivity index (χ2v) is 5.60. The summed E-state index contributed by atoms with van der Waals surface area (Å²) in [5.74, 6) is 0.121. The van der Waals surface area contributed by atoms with Crippen molar-refractivity contribution in [2.75, 3.05) is 32.1 Å². The van der Waals surface area contributed by atoms with Crippen molar-refractivity contribution in [3.63, 3.8) is 0 Å². The molecule has 0 radical (unpaired) electrons. The number of nitrogens with zero attached hydrogens (tertiary/aromatic N) is 2. The van der Waals surface area contributed by atoms with Crippen LogP contribution in [0.4, 0.5) is 5.69 Å². The van der Waals surface area contributed by atoms with Crippen LogP contribution in [0.15, 0.2) is 24.3 Å². The summed E-state index contributed by atoms with van der Waals surface area (Å²) in [4.78, 5) is 16.5. The summed E-state index contributed by atoms with van der Waals surface area (Å²) in [5.41, 5.74) is 1.85. The van der Waals surface area contributed by atoms with E-state index in [4.69, 9.17) is 5.11 Å². The second-order valence-electron chi connectivity index (χ2n) is 5.60. The molecule has 1 fully saturated rings. The third kappa shape index (κ3) is 3.31. The first-order valence-electron chi connectivity index (χ1n) is 7.32. The molecule has 1 amide bonds. The van der Waals surface area contributed by atoms with Gasteiger partial charge in [0.05, 0.1) is 0 Å². The number of hydrogen-bond acceptors (Lipinski definition) is 3. The Balaban J connectivity index is 2.06. The molecule has 1 unspecified atom stereocenters.